The lowest BCUT2D eigenvalue weighted by atomic mass is 9.59. The van der Waals surface area contributed by atoms with Crippen LogP contribution in [0.25, 0.3) is 0 Å². The molecule has 2 fully saturated rings. The van der Waals surface area contributed by atoms with Crippen molar-refractivity contribution in [3.63, 3.8) is 0 Å². The van der Waals surface area contributed by atoms with Crippen molar-refractivity contribution in [3.8, 4) is 0 Å². The molecule has 1 N–H and O–H groups in total. The molecule has 1 saturated carbocycles. The van der Waals surface area contributed by atoms with Crippen LogP contribution in [0.3, 0.4) is 0 Å². The van der Waals surface area contributed by atoms with Crippen molar-refractivity contribution in [2.45, 2.75) is 52.2 Å². The number of ketones is 1. The van der Waals surface area contributed by atoms with Gasteiger partial charge in [-0.3, -0.25) is 9.59 Å². The van der Waals surface area contributed by atoms with Gasteiger partial charge in [-0.05, 0) is 42.7 Å². The minimum Gasteiger partial charge on any atom is -0.457 e. The molecule has 0 bridgehead atoms. The Hall–Kier alpha value is -1.16. The van der Waals surface area contributed by atoms with E-state index in [1.54, 1.807) is 6.92 Å². The van der Waals surface area contributed by atoms with Gasteiger partial charge in [0, 0.05) is 5.92 Å². The predicted octanol–water partition coefficient (Wildman–Crippen LogP) is 1.61. The third kappa shape index (κ3) is 1.62. The van der Waals surface area contributed by atoms with Crippen LogP contribution in [0.15, 0.2) is 11.1 Å². The molecule has 0 spiro atoms. The maximum atomic E-state index is 12.0. The van der Waals surface area contributed by atoms with Crippen LogP contribution in [0.2, 0.25) is 0 Å². The fourth-order valence-electron chi connectivity index (χ4n) is 4.17. The topological polar surface area (TPSA) is 63.6 Å². The summed E-state index contributed by atoms with van der Waals surface area (Å²) >= 11 is 0. The molecule has 1 aliphatic heterocycles. The van der Waals surface area contributed by atoms with E-state index in [9.17, 15) is 14.7 Å². The maximum absolute atomic E-state index is 12.0. The van der Waals surface area contributed by atoms with E-state index in [-0.39, 0.29) is 35.1 Å². The Morgan fingerprint density at radius 3 is 2.74 bits per heavy atom. The summed E-state index contributed by atoms with van der Waals surface area (Å²) in [5.41, 5.74) is 1.37. The zero-order chi connectivity index (χ0) is 13.9. The summed E-state index contributed by atoms with van der Waals surface area (Å²) in [6.45, 7) is 5.75. The lowest BCUT2D eigenvalue weighted by Crippen LogP contribution is -2.46. The highest BCUT2D eigenvalue weighted by atomic mass is 16.6. The number of esters is 1. The Kier molecular flexibility index (Phi) is 2.65. The van der Waals surface area contributed by atoms with Gasteiger partial charge in [-0.2, -0.15) is 0 Å². The number of hydrogen-bond donors (Lipinski definition) is 1. The molecular formula is C15H20O4. The van der Waals surface area contributed by atoms with E-state index in [0.29, 0.717) is 12.0 Å². The minimum absolute atomic E-state index is 0.0863. The maximum Gasteiger partial charge on any atom is 0.309 e. The quantitative estimate of drug-likeness (QED) is 0.675. The van der Waals surface area contributed by atoms with E-state index in [1.165, 1.54) is 0 Å². The highest BCUT2D eigenvalue weighted by molar-refractivity contribution is 6.00. The average Bonchev–Trinajstić information content (AvgIpc) is 2.61. The molecule has 0 unspecified atom stereocenters. The van der Waals surface area contributed by atoms with Gasteiger partial charge in [-0.25, -0.2) is 0 Å². The summed E-state index contributed by atoms with van der Waals surface area (Å²) in [5.74, 6) is -0.257. The summed E-state index contributed by atoms with van der Waals surface area (Å²) in [4.78, 5) is 23.8. The third-order valence-electron chi connectivity index (χ3n) is 5.33. The Labute approximate surface area is 112 Å². The molecule has 0 aromatic heterocycles. The SMILES string of the molecule is CC1=C2[C@H]3OC(=O)[C@@H](C)[C@@H]3CC[C@@]2(C)C[C@@H](O)C1=O. The summed E-state index contributed by atoms with van der Waals surface area (Å²) in [6.07, 6.45) is 1.13. The Morgan fingerprint density at radius 2 is 2.05 bits per heavy atom. The van der Waals surface area contributed by atoms with Gasteiger partial charge in [0.1, 0.15) is 12.2 Å². The van der Waals surface area contributed by atoms with Crippen molar-refractivity contribution in [3.05, 3.63) is 11.1 Å². The second-order valence-corrected chi connectivity index (χ2v) is 6.53. The van der Waals surface area contributed by atoms with Crippen molar-refractivity contribution in [2.75, 3.05) is 0 Å². The summed E-state index contributed by atoms with van der Waals surface area (Å²) in [7, 11) is 0. The van der Waals surface area contributed by atoms with Gasteiger partial charge >= 0.3 is 5.97 Å². The van der Waals surface area contributed by atoms with Crippen LogP contribution in [0.1, 0.15) is 40.0 Å². The standard InChI is InChI=1S/C15H20O4/c1-7-9-4-5-15(3)6-10(16)12(17)8(2)11(15)13(9)19-14(7)18/h7,9-10,13,16H,4-6H2,1-3H3/t7-,9-,10+,13-,15-/m0/s1. The van der Waals surface area contributed by atoms with Crippen LogP contribution in [0.5, 0.6) is 0 Å². The van der Waals surface area contributed by atoms with E-state index in [0.717, 1.165) is 18.4 Å². The summed E-state index contributed by atoms with van der Waals surface area (Å²) in [5, 5.41) is 9.91. The normalized spacial score (nSPS) is 45.9. The molecule has 1 heterocycles. The first kappa shape index (κ1) is 12.9. The molecule has 0 aromatic rings. The van der Waals surface area contributed by atoms with E-state index < -0.39 is 6.10 Å². The number of aliphatic hydroxyl groups is 1. The van der Waals surface area contributed by atoms with Crippen LogP contribution in [0.4, 0.5) is 0 Å². The molecule has 0 amide bonds. The molecule has 3 aliphatic rings. The molecule has 2 aliphatic carbocycles. The van der Waals surface area contributed by atoms with Gasteiger partial charge in [0.25, 0.3) is 0 Å². The van der Waals surface area contributed by atoms with Crippen molar-refractivity contribution in [2.24, 2.45) is 17.3 Å². The second-order valence-electron chi connectivity index (χ2n) is 6.53. The van der Waals surface area contributed by atoms with Crippen LogP contribution < -0.4 is 0 Å². The molecular weight excluding hydrogens is 244 g/mol. The van der Waals surface area contributed by atoms with E-state index in [2.05, 4.69) is 6.92 Å². The molecule has 0 radical (unpaired) electrons. The molecule has 104 valence electrons. The summed E-state index contributed by atoms with van der Waals surface area (Å²) in [6, 6.07) is 0. The predicted molar refractivity (Wildman–Crippen MR) is 68.2 cm³/mol. The second kappa shape index (κ2) is 3.92. The van der Waals surface area contributed by atoms with Gasteiger partial charge in [-0.15, -0.1) is 0 Å². The Balaban J connectivity index is 2.09. The number of ether oxygens (including phenoxy) is 1. The van der Waals surface area contributed by atoms with Crippen molar-refractivity contribution < 1.29 is 19.4 Å². The molecule has 4 nitrogen and oxygen atoms in total. The van der Waals surface area contributed by atoms with Gasteiger partial charge in [0.05, 0.1) is 5.92 Å². The van der Waals surface area contributed by atoms with Crippen molar-refractivity contribution in [1.29, 1.82) is 0 Å². The van der Waals surface area contributed by atoms with Crippen molar-refractivity contribution >= 4 is 11.8 Å². The smallest absolute Gasteiger partial charge is 0.309 e. The first-order chi connectivity index (χ1) is 8.85. The number of carbonyl (C=O) groups excluding carboxylic acids is 2. The third-order valence-corrected chi connectivity index (χ3v) is 5.33. The largest absolute Gasteiger partial charge is 0.457 e. The number of rotatable bonds is 0. The minimum atomic E-state index is -0.903. The highest BCUT2D eigenvalue weighted by Gasteiger charge is 2.55. The van der Waals surface area contributed by atoms with Gasteiger partial charge in [0.15, 0.2) is 5.78 Å². The Bertz CT molecular complexity index is 492. The molecule has 5 atom stereocenters. The van der Waals surface area contributed by atoms with Crippen LogP contribution >= 0.6 is 0 Å². The van der Waals surface area contributed by atoms with E-state index >= 15 is 0 Å². The van der Waals surface area contributed by atoms with Crippen LogP contribution in [0, 0.1) is 17.3 Å². The number of fused-ring (bicyclic) bond motifs is 3. The zero-order valence-electron chi connectivity index (χ0n) is 11.6. The molecule has 0 aromatic carbocycles. The molecule has 1 saturated heterocycles. The van der Waals surface area contributed by atoms with Gasteiger partial charge < -0.3 is 9.84 Å². The lowest BCUT2D eigenvalue weighted by Gasteiger charge is -2.46. The van der Waals surface area contributed by atoms with E-state index in [1.807, 2.05) is 6.92 Å². The van der Waals surface area contributed by atoms with Crippen molar-refractivity contribution in [1.82, 2.24) is 0 Å². The van der Waals surface area contributed by atoms with Gasteiger partial charge in [0.2, 0.25) is 0 Å². The monoisotopic (exact) mass is 264 g/mol. The summed E-state index contributed by atoms with van der Waals surface area (Å²) < 4.78 is 5.54. The number of aliphatic hydroxyl groups excluding tert-OH is 1. The fraction of sp³-hybridized carbons (Fsp3) is 0.733. The first-order valence-electron chi connectivity index (χ1n) is 6.99. The fourth-order valence-corrected chi connectivity index (χ4v) is 4.17. The lowest BCUT2D eigenvalue weighted by molar-refractivity contribution is -0.144. The van der Waals surface area contributed by atoms with Gasteiger partial charge in [-0.1, -0.05) is 13.8 Å². The Morgan fingerprint density at radius 1 is 1.37 bits per heavy atom. The number of hydrogen-bond acceptors (Lipinski definition) is 4. The zero-order valence-corrected chi connectivity index (χ0v) is 11.6. The first-order valence-corrected chi connectivity index (χ1v) is 6.99. The number of carbonyl (C=O) groups is 2. The molecule has 3 rings (SSSR count). The molecule has 19 heavy (non-hydrogen) atoms. The van der Waals surface area contributed by atoms with Crippen LogP contribution in [-0.4, -0.2) is 29.1 Å². The molecule has 4 heteroatoms. The van der Waals surface area contributed by atoms with Crippen LogP contribution in [-0.2, 0) is 14.3 Å². The highest BCUT2D eigenvalue weighted by Crippen LogP contribution is 2.54. The number of Topliss-reactive ketones (excluding diaryl/α,β-unsaturated/α-hetero) is 1. The van der Waals surface area contributed by atoms with E-state index in [4.69, 9.17) is 4.74 Å². The average molecular weight is 264 g/mol.